The van der Waals surface area contributed by atoms with Crippen LogP contribution in [0, 0.1) is 0 Å². The van der Waals surface area contributed by atoms with Crippen molar-refractivity contribution in [1.29, 1.82) is 0 Å². The molecular weight excluding hydrogens is 278 g/mol. The Morgan fingerprint density at radius 3 is 3.14 bits per heavy atom. The van der Waals surface area contributed by atoms with Crippen LogP contribution in [0.1, 0.15) is 41.8 Å². The van der Waals surface area contributed by atoms with Crippen LogP contribution in [0.4, 0.5) is 5.69 Å². The van der Waals surface area contributed by atoms with Gasteiger partial charge in [0.1, 0.15) is 0 Å². The van der Waals surface area contributed by atoms with E-state index in [0.717, 1.165) is 25.6 Å². The van der Waals surface area contributed by atoms with Crippen LogP contribution in [0.5, 0.6) is 0 Å². The summed E-state index contributed by atoms with van der Waals surface area (Å²) in [6.07, 6.45) is 7.77. The Labute approximate surface area is 130 Å². The molecule has 2 aromatic rings. The molecular formula is C17H21N3S. The van der Waals surface area contributed by atoms with Crippen molar-refractivity contribution < 1.29 is 0 Å². The van der Waals surface area contributed by atoms with E-state index in [0.29, 0.717) is 6.04 Å². The van der Waals surface area contributed by atoms with Crippen LogP contribution in [0.2, 0.25) is 0 Å². The monoisotopic (exact) mass is 299 g/mol. The Morgan fingerprint density at radius 2 is 2.29 bits per heavy atom. The van der Waals surface area contributed by atoms with Crippen LogP contribution in [0.25, 0.3) is 0 Å². The summed E-state index contributed by atoms with van der Waals surface area (Å²) < 4.78 is 0. The number of hydrogen-bond donors (Lipinski definition) is 1. The fourth-order valence-electron chi connectivity index (χ4n) is 3.22. The molecule has 0 bridgehead atoms. The van der Waals surface area contributed by atoms with Crippen molar-refractivity contribution in [2.75, 3.05) is 11.4 Å². The molecule has 1 saturated carbocycles. The van der Waals surface area contributed by atoms with E-state index in [-0.39, 0.29) is 0 Å². The first-order valence-electron chi connectivity index (χ1n) is 7.82. The predicted molar refractivity (Wildman–Crippen MR) is 87.9 cm³/mol. The van der Waals surface area contributed by atoms with Crippen LogP contribution >= 0.6 is 11.3 Å². The molecule has 0 radical (unpaired) electrons. The Kier molecular flexibility index (Phi) is 3.43. The lowest BCUT2D eigenvalue weighted by atomic mass is 10.00. The van der Waals surface area contributed by atoms with Gasteiger partial charge < -0.3 is 10.2 Å². The molecule has 21 heavy (non-hydrogen) atoms. The highest BCUT2D eigenvalue weighted by atomic mass is 32.1. The minimum absolute atomic E-state index is 0.460. The van der Waals surface area contributed by atoms with E-state index in [1.165, 1.54) is 29.7 Å². The maximum atomic E-state index is 4.33. The molecule has 1 unspecified atom stereocenters. The van der Waals surface area contributed by atoms with E-state index in [1.807, 2.05) is 23.7 Å². The summed E-state index contributed by atoms with van der Waals surface area (Å²) in [4.78, 5) is 8.44. The average molecular weight is 299 g/mol. The van der Waals surface area contributed by atoms with Crippen LogP contribution in [0.15, 0.2) is 29.9 Å². The number of rotatable bonds is 4. The molecule has 1 fully saturated rings. The smallest absolute Gasteiger partial charge is 0.0525 e. The Morgan fingerprint density at radius 1 is 1.38 bits per heavy atom. The number of fused-ring (bicyclic) bond motifs is 1. The van der Waals surface area contributed by atoms with Crippen LogP contribution in [0.3, 0.4) is 0 Å². The number of aromatic nitrogens is 1. The molecule has 110 valence electrons. The first-order chi connectivity index (χ1) is 10.3. The largest absolute Gasteiger partial charge is 0.364 e. The van der Waals surface area contributed by atoms with Crippen molar-refractivity contribution in [3.8, 4) is 0 Å². The van der Waals surface area contributed by atoms with E-state index in [1.54, 1.807) is 4.88 Å². The van der Waals surface area contributed by atoms with E-state index in [2.05, 4.69) is 39.6 Å². The number of pyridine rings is 1. The van der Waals surface area contributed by atoms with Crippen molar-refractivity contribution in [3.63, 3.8) is 0 Å². The van der Waals surface area contributed by atoms with Gasteiger partial charge in [-0.25, -0.2) is 0 Å². The second-order valence-corrected chi connectivity index (χ2v) is 7.08. The predicted octanol–water partition coefficient (Wildman–Crippen LogP) is 3.52. The molecule has 2 aromatic heterocycles. The Balaban J connectivity index is 1.60. The highest BCUT2D eigenvalue weighted by Crippen LogP contribution is 2.37. The third kappa shape index (κ3) is 2.58. The lowest BCUT2D eigenvalue weighted by Crippen LogP contribution is -2.34. The maximum Gasteiger partial charge on any atom is 0.0525 e. The third-order valence-corrected chi connectivity index (χ3v) is 5.62. The van der Waals surface area contributed by atoms with E-state index in [4.69, 9.17) is 0 Å². The minimum Gasteiger partial charge on any atom is -0.364 e. The molecule has 2 aliphatic rings. The second kappa shape index (κ2) is 5.43. The van der Waals surface area contributed by atoms with Crippen molar-refractivity contribution in [2.45, 2.75) is 44.8 Å². The van der Waals surface area contributed by atoms with Gasteiger partial charge in [-0.3, -0.25) is 4.98 Å². The Bertz CT molecular complexity index is 632. The highest BCUT2D eigenvalue weighted by Gasteiger charge is 2.27. The molecule has 1 atom stereocenters. The van der Waals surface area contributed by atoms with Gasteiger partial charge in [-0.1, -0.05) is 0 Å². The van der Waals surface area contributed by atoms with Gasteiger partial charge in [0.25, 0.3) is 0 Å². The minimum atomic E-state index is 0.460. The topological polar surface area (TPSA) is 28.2 Å². The van der Waals surface area contributed by atoms with Crippen LogP contribution in [-0.2, 0) is 13.0 Å². The SMILES string of the molecule is CC1c2ccsc2CCN1c1ccncc1CNC1CC1. The van der Waals surface area contributed by atoms with Gasteiger partial charge in [0, 0.05) is 47.7 Å². The quantitative estimate of drug-likeness (QED) is 0.936. The zero-order chi connectivity index (χ0) is 14.2. The number of thiophene rings is 1. The van der Waals surface area contributed by atoms with Gasteiger partial charge in [-0.05, 0) is 49.3 Å². The first kappa shape index (κ1) is 13.3. The number of nitrogens with zero attached hydrogens (tertiary/aromatic N) is 2. The summed E-state index contributed by atoms with van der Waals surface area (Å²) in [6.45, 7) is 4.37. The molecule has 3 nitrogen and oxygen atoms in total. The van der Waals surface area contributed by atoms with Crippen molar-refractivity contribution >= 4 is 17.0 Å². The summed E-state index contributed by atoms with van der Waals surface area (Å²) >= 11 is 1.90. The molecule has 1 N–H and O–H groups in total. The van der Waals surface area contributed by atoms with Crippen LogP contribution < -0.4 is 10.2 Å². The third-order valence-electron chi connectivity index (χ3n) is 4.62. The zero-order valence-corrected chi connectivity index (χ0v) is 13.2. The summed E-state index contributed by atoms with van der Waals surface area (Å²) in [5.74, 6) is 0. The standard InChI is InChI=1S/C17H21N3S/c1-12-15-6-9-21-17(15)5-8-20(12)16-4-7-18-10-13(16)11-19-14-2-3-14/h4,6-7,9-10,12,14,19H,2-3,5,8,11H2,1H3. The molecule has 1 aliphatic carbocycles. The fraction of sp³-hybridized carbons (Fsp3) is 0.471. The van der Waals surface area contributed by atoms with E-state index >= 15 is 0 Å². The van der Waals surface area contributed by atoms with Gasteiger partial charge in [-0.2, -0.15) is 0 Å². The van der Waals surface area contributed by atoms with Gasteiger partial charge in [0.05, 0.1) is 6.04 Å². The van der Waals surface area contributed by atoms with Gasteiger partial charge in [0.2, 0.25) is 0 Å². The summed E-state index contributed by atoms with van der Waals surface area (Å²) in [6, 6.07) is 5.67. The lowest BCUT2D eigenvalue weighted by molar-refractivity contribution is 0.621. The van der Waals surface area contributed by atoms with E-state index < -0.39 is 0 Å². The zero-order valence-electron chi connectivity index (χ0n) is 12.4. The maximum absolute atomic E-state index is 4.33. The second-order valence-electron chi connectivity index (χ2n) is 6.08. The highest BCUT2D eigenvalue weighted by molar-refractivity contribution is 7.10. The molecule has 0 amide bonds. The van der Waals surface area contributed by atoms with Gasteiger partial charge in [0.15, 0.2) is 0 Å². The molecule has 3 heterocycles. The van der Waals surface area contributed by atoms with Crippen molar-refractivity contribution in [2.24, 2.45) is 0 Å². The van der Waals surface area contributed by atoms with E-state index in [9.17, 15) is 0 Å². The normalized spacial score (nSPS) is 21.4. The lowest BCUT2D eigenvalue weighted by Gasteiger charge is -2.36. The summed E-state index contributed by atoms with van der Waals surface area (Å²) in [7, 11) is 0. The molecule has 1 aliphatic heterocycles. The molecule has 0 saturated heterocycles. The van der Waals surface area contributed by atoms with Crippen LogP contribution in [-0.4, -0.2) is 17.6 Å². The average Bonchev–Trinajstić information content (AvgIpc) is 3.21. The summed E-state index contributed by atoms with van der Waals surface area (Å²) in [5.41, 5.74) is 4.18. The van der Waals surface area contributed by atoms with Gasteiger partial charge >= 0.3 is 0 Å². The Hall–Kier alpha value is -1.39. The molecule has 4 rings (SSSR count). The van der Waals surface area contributed by atoms with Gasteiger partial charge in [-0.15, -0.1) is 11.3 Å². The van der Waals surface area contributed by atoms with Crippen molar-refractivity contribution in [1.82, 2.24) is 10.3 Å². The summed E-state index contributed by atoms with van der Waals surface area (Å²) in [5, 5.41) is 5.85. The molecule has 0 aromatic carbocycles. The fourth-order valence-corrected chi connectivity index (χ4v) is 4.18. The number of nitrogens with one attached hydrogen (secondary N) is 1. The molecule has 4 heteroatoms. The number of hydrogen-bond acceptors (Lipinski definition) is 4. The molecule has 0 spiro atoms. The number of anilines is 1. The van der Waals surface area contributed by atoms with Crippen molar-refractivity contribution in [3.05, 3.63) is 45.9 Å². The first-order valence-corrected chi connectivity index (χ1v) is 8.70.